The Kier molecular flexibility index (Phi) is 10.6. The predicted molar refractivity (Wildman–Crippen MR) is 128 cm³/mol. The average molecular weight is 537 g/mol. The van der Waals surface area contributed by atoms with E-state index in [4.69, 9.17) is 30.3 Å². The summed E-state index contributed by atoms with van der Waals surface area (Å²) in [6.45, 7) is 6.44. The number of aromatic amines is 1. The maximum Gasteiger partial charge on any atom is 0.348 e. The molecule has 0 fully saturated rings. The highest BCUT2D eigenvalue weighted by Gasteiger charge is 2.56. The fourth-order valence-corrected chi connectivity index (χ4v) is 8.99. The summed E-state index contributed by atoms with van der Waals surface area (Å²) in [6.07, 6.45) is 1.33. The van der Waals surface area contributed by atoms with Crippen molar-refractivity contribution < 1.29 is 32.1 Å². The molecule has 1 aromatic carbocycles. The molecule has 0 bridgehead atoms. The number of nitrogens with one attached hydrogen (secondary N) is 2. The lowest BCUT2D eigenvalue weighted by molar-refractivity contribution is -0.384. The summed E-state index contributed by atoms with van der Waals surface area (Å²) in [4.78, 5) is 10.6. The van der Waals surface area contributed by atoms with Crippen molar-refractivity contribution in [3.8, 4) is 0 Å². The zero-order chi connectivity index (χ0) is 25.4. The fourth-order valence-electron chi connectivity index (χ4n) is 3.24. The van der Waals surface area contributed by atoms with Crippen LogP contribution in [0.2, 0.25) is 0 Å². The van der Waals surface area contributed by atoms with Gasteiger partial charge in [-0.05, 0) is 45.5 Å². The summed E-state index contributed by atoms with van der Waals surface area (Å²) in [5, 5.41) is 16.1. The molecule has 0 saturated heterocycles. The van der Waals surface area contributed by atoms with Gasteiger partial charge in [0.2, 0.25) is 4.77 Å². The van der Waals surface area contributed by atoms with Crippen LogP contribution in [0.1, 0.15) is 39.3 Å². The second kappa shape index (κ2) is 12.7. The Hall–Kier alpha value is -1.92. The van der Waals surface area contributed by atoms with Crippen molar-refractivity contribution in [1.82, 2.24) is 14.9 Å². The number of non-ortho nitro benzene ring substituents is 1. The lowest BCUT2D eigenvalue weighted by atomic mass is 10.1. The zero-order valence-electron chi connectivity index (χ0n) is 19.3. The lowest BCUT2D eigenvalue weighted by Gasteiger charge is -2.36. The number of nitro groups is 1. The van der Waals surface area contributed by atoms with Crippen molar-refractivity contribution in [3.05, 3.63) is 51.0 Å². The van der Waals surface area contributed by atoms with Crippen LogP contribution >= 0.6 is 27.4 Å². The highest BCUT2D eigenvalue weighted by molar-refractivity contribution is 7.72. The monoisotopic (exact) mass is 537 g/mol. The normalized spacial score (nSPS) is 13.2. The first kappa shape index (κ1) is 28.3. The number of aromatic nitrogens is 3. The van der Waals surface area contributed by atoms with E-state index in [0.29, 0.717) is 5.56 Å². The van der Waals surface area contributed by atoms with E-state index in [1.807, 2.05) is 0 Å². The molecular weight excluding hydrogens is 508 g/mol. The molecule has 1 heterocycles. The maximum absolute atomic E-state index is 14.1. The van der Waals surface area contributed by atoms with E-state index in [1.165, 1.54) is 35.3 Å². The van der Waals surface area contributed by atoms with Crippen LogP contribution in [-0.2, 0) is 27.2 Å². The van der Waals surface area contributed by atoms with Gasteiger partial charge >= 0.3 is 15.2 Å². The number of H-pyrrole nitrogens is 1. The van der Waals surface area contributed by atoms with Crippen LogP contribution in [0, 0.1) is 14.9 Å². The number of hydrogen-bond acceptors (Lipinski definition) is 11. The minimum Gasteiger partial charge on any atom is -0.313 e. The van der Waals surface area contributed by atoms with Crippen LogP contribution in [0.25, 0.3) is 0 Å². The molecule has 0 radical (unpaired) electrons. The molecule has 0 aliphatic carbocycles. The van der Waals surface area contributed by atoms with Gasteiger partial charge in [-0.1, -0.05) is 12.1 Å². The zero-order valence-corrected chi connectivity index (χ0v) is 21.9. The Morgan fingerprint density at radius 2 is 1.50 bits per heavy atom. The van der Waals surface area contributed by atoms with Gasteiger partial charge in [-0.2, -0.15) is 5.10 Å². The average Bonchev–Trinajstić information content (AvgIpc) is 3.18. The highest BCUT2D eigenvalue weighted by Crippen LogP contribution is 2.73. The van der Waals surface area contributed by atoms with Crippen molar-refractivity contribution in [2.45, 2.75) is 39.1 Å². The lowest BCUT2D eigenvalue weighted by Crippen LogP contribution is -2.33. The largest absolute Gasteiger partial charge is 0.348 e. The maximum atomic E-state index is 14.1. The van der Waals surface area contributed by atoms with E-state index in [9.17, 15) is 19.2 Å². The minimum absolute atomic E-state index is 0.00977. The van der Waals surface area contributed by atoms with Crippen molar-refractivity contribution in [2.75, 3.05) is 31.9 Å². The Bertz CT molecular complexity index is 1040. The van der Waals surface area contributed by atoms with E-state index < -0.39 is 31.6 Å². The van der Waals surface area contributed by atoms with Crippen LogP contribution in [0.3, 0.4) is 0 Å². The number of nitrogens with zero attached hydrogens (tertiary/aromatic N) is 3. The van der Waals surface area contributed by atoms with Crippen LogP contribution in [0.4, 0.5) is 5.69 Å². The second-order valence-corrected chi connectivity index (χ2v) is 11.8. The Morgan fingerprint density at radius 1 is 1.03 bits per heavy atom. The smallest absolute Gasteiger partial charge is 0.313 e. The highest BCUT2D eigenvalue weighted by atomic mass is 32.1. The Morgan fingerprint density at radius 3 is 1.85 bits per heavy atom. The molecule has 2 aromatic rings. The number of hydrogen-bond donors (Lipinski definition) is 2. The van der Waals surface area contributed by atoms with Crippen molar-refractivity contribution in [1.29, 1.82) is 0 Å². The van der Waals surface area contributed by atoms with Gasteiger partial charge in [0, 0.05) is 12.1 Å². The molecular formula is C18H29N5O8P2S. The van der Waals surface area contributed by atoms with Crippen molar-refractivity contribution in [3.63, 3.8) is 0 Å². The predicted octanol–water partition coefficient (Wildman–Crippen LogP) is 4.99. The molecule has 2 N–H and O–H groups in total. The second-order valence-electron chi connectivity index (χ2n) is 6.65. The van der Waals surface area contributed by atoms with Crippen molar-refractivity contribution >= 4 is 33.1 Å². The summed E-state index contributed by atoms with van der Waals surface area (Å²) in [5.41, 5.74) is 3.24. The first-order valence-corrected chi connectivity index (χ1v) is 14.2. The van der Waals surface area contributed by atoms with E-state index in [-0.39, 0.29) is 36.9 Å². The van der Waals surface area contributed by atoms with Crippen LogP contribution in [0.15, 0.2) is 30.6 Å². The molecule has 0 aliphatic rings. The number of benzene rings is 1. The van der Waals surface area contributed by atoms with Crippen molar-refractivity contribution in [2.24, 2.45) is 0 Å². The van der Waals surface area contributed by atoms with E-state index in [0.717, 1.165) is 0 Å². The third-order valence-electron chi connectivity index (χ3n) is 4.48. The Labute approximate surface area is 202 Å². The number of rotatable bonds is 15. The molecule has 0 aliphatic heterocycles. The van der Waals surface area contributed by atoms with Gasteiger partial charge in [0.1, 0.15) is 6.33 Å². The van der Waals surface area contributed by atoms with Crippen LogP contribution in [0.5, 0.6) is 0 Å². The SMILES string of the molecule is CCOP(=O)(OCC)C(C(Nn1cn[nH]c1=S)c1ccc([N+](=O)[O-])cc1)P(=O)(OCC)OCC. The molecule has 1 unspecified atom stereocenters. The molecule has 1 aromatic heterocycles. The fraction of sp³-hybridized carbons (Fsp3) is 0.556. The first-order chi connectivity index (χ1) is 16.2. The van der Waals surface area contributed by atoms with Gasteiger partial charge in [-0.25, -0.2) is 4.68 Å². The van der Waals surface area contributed by atoms with Crippen LogP contribution < -0.4 is 5.43 Å². The van der Waals surface area contributed by atoms with Gasteiger partial charge in [-0.15, -0.1) is 0 Å². The summed E-state index contributed by atoms with van der Waals surface area (Å²) in [5.74, 6) is 0. The van der Waals surface area contributed by atoms with E-state index in [2.05, 4.69) is 15.6 Å². The van der Waals surface area contributed by atoms with Crippen LogP contribution in [-0.4, -0.2) is 51.6 Å². The van der Waals surface area contributed by atoms with Gasteiger partial charge in [0.25, 0.3) is 5.69 Å². The van der Waals surface area contributed by atoms with Gasteiger partial charge in [-0.3, -0.25) is 24.3 Å². The molecule has 0 saturated carbocycles. The molecule has 190 valence electrons. The molecule has 1 atom stereocenters. The first-order valence-electron chi connectivity index (χ1n) is 10.6. The molecule has 16 heteroatoms. The van der Waals surface area contributed by atoms with E-state index >= 15 is 0 Å². The molecule has 2 rings (SSSR count). The topological polar surface area (TPSA) is 160 Å². The van der Waals surface area contributed by atoms with Gasteiger partial charge in [0.05, 0.1) is 37.4 Å². The van der Waals surface area contributed by atoms with E-state index in [1.54, 1.807) is 27.7 Å². The summed E-state index contributed by atoms with van der Waals surface area (Å²) in [7, 11) is -8.37. The molecule has 13 nitrogen and oxygen atoms in total. The third kappa shape index (κ3) is 6.60. The van der Waals surface area contributed by atoms with Gasteiger partial charge < -0.3 is 23.5 Å². The van der Waals surface area contributed by atoms with Gasteiger partial charge in [0.15, 0.2) is 5.40 Å². The summed E-state index contributed by atoms with van der Waals surface area (Å²) >= 11 is 5.22. The quantitative estimate of drug-likeness (QED) is 0.136. The summed E-state index contributed by atoms with van der Waals surface area (Å²) < 4.78 is 52.1. The number of nitro benzene ring substituents is 1. The minimum atomic E-state index is -4.18. The summed E-state index contributed by atoms with van der Waals surface area (Å²) in [6, 6.07) is 4.31. The third-order valence-corrected chi connectivity index (χ3v) is 10.8. The Balaban J connectivity index is 2.80. The molecule has 0 spiro atoms. The molecule has 34 heavy (non-hydrogen) atoms. The molecule has 0 amide bonds. The standard InChI is InChI=1S/C18H29N5O8P2S/c1-5-28-32(26,29-6-2)17(33(27,30-7-3)31-8-4)16(21-22-13-19-20-18(22)34)14-9-11-15(12-10-14)23(24)25/h9-13,16-17,21H,5-8H2,1-4H3,(H,20,34).